The molecule has 0 saturated carbocycles. The highest BCUT2D eigenvalue weighted by Crippen LogP contribution is 2.29. The van der Waals surface area contributed by atoms with Gasteiger partial charge in [0.05, 0.1) is 12.7 Å². The molecule has 5 nitrogen and oxygen atoms in total. The molecule has 0 aliphatic carbocycles. The van der Waals surface area contributed by atoms with Crippen molar-refractivity contribution in [3.05, 3.63) is 71.8 Å². The van der Waals surface area contributed by atoms with Crippen molar-refractivity contribution in [2.75, 3.05) is 25.2 Å². The van der Waals surface area contributed by atoms with Gasteiger partial charge in [-0.1, -0.05) is 30.3 Å². The van der Waals surface area contributed by atoms with Gasteiger partial charge in [0.15, 0.2) is 6.61 Å². The zero-order valence-electron chi connectivity index (χ0n) is 15.0. The van der Waals surface area contributed by atoms with E-state index in [0.29, 0.717) is 24.3 Å². The smallest absolute Gasteiger partial charge is 0.337 e. The van der Waals surface area contributed by atoms with E-state index in [2.05, 4.69) is 0 Å². The second-order valence-electron chi connectivity index (χ2n) is 6.43. The summed E-state index contributed by atoms with van der Waals surface area (Å²) >= 11 is 0. The Morgan fingerprint density at radius 1 is 1.00 bits per heavy atom. The van der Waals surface area contributed by atoms with E-state index in [1.54, 1.807) is 23.1 Å². The molecule has 0 spiro atoms. The van der Waals surface area contributed by atoms with Crippen LogP contribution >= 0.6 is 0 Å². The maximum Gasteiger partial charge on any atom is 0.337 e. The molecule has 5 heteroatoms. The summed E-state index contributed by atoms with van der Waals surface area (Å²) in [7, 11) is 1.36. The molecular weight excluding hydrogens is 342 g/mol. The summed E-state index contributed by atoms with van der Waals surface area (Å²) in [4.78, 5) is 26.0. The number of benzene rings is 3. The van der Waals surface area contributed by atoms with Gasteiger partial charge in [-0.3, -0.25) is 4.79 Å². The normalized spacial score (nSPS) is 12.7. The minimum atomic E-state index is -0.373. The minimum Gasteiger partial charge on any atom is -0.484 e. The van der Waals surface area contributed by atoms with Gasteiger partial charge in [0, 0.05) is 12.2 Å². The highest BCUT2D eigenvalue weighted by Gasteiger charge is 2.26. The van der Waals surface area contributed by atoms with Gasteiger partial charge >= 0.3 is 5.97 Å². The lowest BCUT2D eigenvalue weighted by molar-refractivity contribution is -0.120. The first-order valence-electron chi connectivity index (χ1n) is 8.79. The van der Waals surface area contributed by atoms with Crippen molar-refractivity contribution in [3.63, 3.8) is 0 Å². The van der Waals surface area contributed by atoms with Gasteiger partial charge < -0.3 is 14.4 Å². The van der Waals surface area contributed by atoms with Crippen LogP contribution in [0.1, 0.15) is 15.9 Å². The van der Waals surface area contributed by atoms with Crippen molar-refractivity contribution in [2.24, 2.45) is 0 Å². The molecular formula is C22H19NO4. The Labute approximate surface area is 157 Å². The average Bonchev–Trinajstić information content (AvgIpc) is 3.14. The van der Waals surface area contributed by atoms with Crippen LogP contribution in [0.3, 0.4) is 0 Å². The zero-order valence-corrected chi connectivity index (χ0v) is 15.0. The third-order valence-corrected chi connectivity index (χ3v) is 4.78. The van der Waals surface area contributed by atoms with Gasteiger partial charge in [-0.05, 0) is 53.1 Å². The zero-order chi connectivity index (χ0) is 18.8. The van der Waals surface area contributed by atoms with Crippen LogP contribution in [0.4, 0.5) is 5.69 Å². The summed E-state index contributed by atoms with van der Waals surface area (Å²) in [6.45, 7) is 0.552. The number of hydrogen-bond donors (Lipinski definition) is 0. The van der Waals surface area contributed by atoms with Crippen LogP contribution in [-0.2, 0) is 16.0 Å². The molecule has 1 aliphatic heterocycles. The largest absolute Gasteiger partial charge is 0.484 e. The van der Waals surface area contributed by atoms with E-state index in [-0.39, 0.29) is 18.5 Å². The highest BCUT2D eigenvalue weighted by molar-refractivity contribution is 5.98. The molecule has 27 heavy (non-hydrogen) atoms. The van der Waals surface area contributed by atoms with Crippen LogP contribution in [0.5, 0.6) is 5.75 Å². The Morgan fingerprint density at radius 3 is 2.63 bits per heavy atom. The second-order valence-corrected chi connectivity index (χ2v) is 6.43. The number of carbonyl (C=O) groups is 2. The first-order valence-corrected chi connectivity index (χ1v) is 8.79. The van der Waals surface area contributed by atoms with Crippen molar-refractivity contribution in [2.45, 2.75) is 6.42 Å². The van der Waals surface area contributed by atoms with E-state index in [0.717, 1.165) is 22.0 Å². The van der Waals surface area contributed by atoms with Crippen LogP contribution in [0.15, 0.2) is 60.7 Å². The summed E-state index contributed by atoms with van der Waals surface area (Å²) in [6.07, 6.45) is 0.710. The summed E-state index contributed by atoms with van der Waals surface area (Å²) in [5, 5.41) is 2.20. The number of hydrogen-bond acceptors (Lipinski definition) is 4. The first-order chi connectivity index (χ1) is 13.2. The third-order valence-electron chi connectivity index (χ3n) is 4.78. The van der Waals surface area contributed by atoms with Crippen molar-refractivity contribution in [1.29, 1.82) is 0 Å². The number of nitrogens with zero attached hydrogens (tertiary/aromatic N) is 1. The van der Waals surface area contributed by atoms with Gasteiger partial charge in [0.2, 0.25) is 0 Å². The molecule has 0 atom stereocenters. The van der Waals surface area contributed by atoms with Crippen molar-refractivity contribution in [3.8, 4) is 5.75 Å². The number of carbonyl (C=O) groups excluding carboxylic acids is 2. The number of fused-ring (bicyclic) bond motifs is 2. The summed E-state index contributed by atoms with van der Waals surface area (Å²) in [5.41, 5.74) is 2.30. The number of esters is 1. The molecule has 1 aliphatic rings. The number of ether oxygens (including phenoxy) is 2. The molecule has 0 radical (unpaired) electrons. The van der Waals surface area contributed by atoms with E-state index in [1.807, 2.05) is 42.5 Å². The lowest BCUT2D eigenvalue weighted by atomic mass is 10.1. The Hall–Kier alpha value is -3.34. The fourth-order valence-corrected chi connectivity index (χ4v) is 3.39. The molecule has 4 rings (SSSR count). The lowest BCUT2D eigenvalue weighted by Crippen LogP contribution is -2.33. The van der Waals surface area contributed by atoms with E-state index in [4.69, 9.17) is 9.47 Å². The van der Waals surface area contributed by atoms with Crippen LogP contribution in [0.2, 0.25) is 0 Å². The van der Waals surface area contributed by atoms with Crippen LogP contribution < -0.4 is 9.64 Å². The fraction of sp³-hybridized carbons (Fsp3) is 0.182. The summed E-state index contributed by atoms with van der Waals surface area (Å²) < 4.78 is 10.5. The molecule has 0 saturated heterocycles. The lowest BCUT2D eigenvalue weighted by Gasteiger charge is -2.18. The number of rotatable bonds is 4. The van der Waals surface area contributed by atoms with Gasteiger partial charge in [-0.2, -0.15) is 0 Å². The van der Waals surface area contributed by atoms with Gasteiger partial charge in [-0.25, -0.2) is 4.79 Å². The van der Waals surface area contributed by atoms with Gasteiger partial charge in [0.1, 0.15) is 5.75 Å². The van der Waals surface area contributed by atoms with Crippen LogP contribution in [0, 0.1) is 0 Å². The van der Waals surface area contributed by atoms with Crippen molar-refractivity contribution >= 4 is 28.3 Å². The van der Waals surface area contributed by atoms with Gasteiger partial charge in [0.25, 0.3) is 5.91 Å². The number of amides is 1. The predicted octanol–water partition coefficient (Wildman–Crippen LogP) is 3.59. The summed E-state index contributed by atoms with van der Waals surface area (Å²) in [5.74, 6) is 0.192. The van der Waals surface area contributed by atoms with E-state index in [1.165, 1.54) is 7.11 Å². The van der Waals surface area contributed by atoms with E-state index < -0.39 is 0 Å². The molecule has 136 valence electrons. The average molecular weight is 361 g/mol. The van der Waals surface area contributed by atoms with Crippen LogP contribution in [-0.4, -0.2) is 32.1 Å². The molecule has 1 amide bonds. The SMILES string of the molecule is COC(=O)c1ccc2c(c1)CCN2C(=O)COc1ccc2ccccc2c1. The van der Waals surface area contributed by atoms with E-state index >= 15 is 0 Å². The Morgan fingerprint density at radius 2 is 1.81 bits per heavy atom. The fourth-order valence-electron chi connectivity index (χ4n) is 3.39. The molecule has 0 N–H and O–H groups in total. The molecule has 1 heterocycles. The summed E-state index contributed by atoms with van der Waals surface area (Å²) in [6, 6.07) is 19.1. The van der Waals surface area contributed by atoms with Crippen molar-refractivity contribution < 1.29 is 19.1 Å². The van der Waals surface area contributed by atoms with E-state index in [9.17, 15) is 9.59 Å². The Kier molecular flexibility index (Phi) is 4.50. The maximum atomic E-state index is 12.6. The second kappa shape index (κ2) is 7.11. The number of methoxy groups -OCH3 is 1. The highest BCUT2D eigenvalue weighted by atomic mass is 16.5. The minimum absolute atomic E-state index is 0.0312. The maximum absolute atomic E-state index is 12.6. The Bertz CT molecular complexity index is 1030. The quantitative estimate of drug-likeness (QED) is 0.667. The molecule has 0 aromatic heterocycles. The predicted molar refractivity (Wildman–Crippen MR) is 103 cm³/mol. The molecule has 3 aromatic rings. The topological polar surface area (TPSA) is 55.8 Å². The van der Waals surface area contributed by atoms with Crippen molar-refractivity contribution in [1.82, 2.24) is 0 Å². The van der Waals surface area contributed by atoms with Crippen LogP contribution in [0.25, 0.3) is 10.8 Å². The monoisotopic (exact) mass is 361 g/mol. The first kappa shape index (κ1) is 17.1. The number of anilines is 1. The van der Waals surface area contributed by atoms with Gasteiger partial charge in [-0.15, -0.1) is 0 Å². The molecule has 0 fully saturated rings. The molecule has 0 unspecified atom stereocenters. The molecule has 0 bridgehead atoms. The third kappa shape index (κ3) is 3.36. The molecule has 3 aromatic carbocycles. The standard InChI is InChI=1S/C22H19NO4/c1-26-22(25)18-7-9-20-17(12-18)10-11-23(20)21(24)14-27-19-8-6-15-4-2-3-5-16(15)13-19/h2-9,12-13H,10-11,14H2,1H3. The Balaban J connectivity index is 1.46.